The number of hydrogen-bond donors (Lipinski definition) is 2. The van der Waals surface area contributed by atoms with E-state index in [4.69, 9.17) is 20.1 Å². The van der Waals surface area contributed by atoms with E-state index >= 15 is 0 Å². The highest BCUT2D eigenvalue weighted by Crippen LogP contribution is 2.36. The Morgan fingerprint density at radius 1 is 1.18 bits per heavy atom. The summed E-state index contributed by atoms with van der Waals surface area (Å²) in [6, 6.07) is 9.82. The first kappa shape index (κ1) is 19.5. The SMILES string of the molecule is COc1ccc(-c2noc(CC(N)=O)c2-c2ccc(S(N)(=O)=O)cc2)cc1F. The highest BCUT2D eigenvalue weighted by molar-refractivity contribution is 7.89. The molecule has 0 aliphatic heterocycles. The largest absolute Gasteiger partial charge is 0.494 e. The zero-order valence-corrected chi connectivity index (χ0v) is 15.5. The molecule has 0 fully saturated rings. The molecule has 0 bridgehead atoms. The Bertz CT molecular complexity index is 1140. The summed E-state index contributed by atoms with van der Waals surface area (Å²) < 4.78 is 47.2. The summed E-state index contributed by atoms with van der Waals surface area (Å²) in [5, 5.41) is 9.06. The number of carbonyl (C=O) groups excluding carboxylic acids is 1. The number of methoxy groups -OCH3 is 1. The molecule has 0 saturated heterocycles. The van der Waals surface area contributed by atoms with Gasteiger partial charge in [0.1, 0.15) is 5.69 Å². The zero-order valence-electron chi connectivity index (χ0n) is 14.7. The summed E-state index contributed by atoms with van der Waals surface area (Å²) in [6.07, 6.45) is -0.238. The van der Waals surface area contributed by atoms with E-state index in [-0.39, 0.29) is 28.5 Å². The third-order valence-corrected chi connectivity index (χ3v) is 4.92. The van der Waals surface area contributed by atoms with Gasteiger partial charge in [0.2, 0.25) is 15.9 Å². The van der Waals surface area contributed by atoms with E-state index < -0.39 is 21.7 Å². The van der Waals surface area contributed by atoms with E-state index in [0.717, 1.165) is 0 Å². The van der Waals surface area contributed by atoms with Gasteiger partial charge in [-0.05, 0) is 35.9 Å². The van der Waals surface area contributed by atoms with Crippen LogP contribution in [0.4, 0.5) is 4.39 Å². The van der Waals surface area contributed by atoms with Crippen molar-refractivity contribution in [2.24, 2.45) is 10.9 Å². The number of halogens is 1. The molecule has 0 atom stereocenters. The first-order valence-electron chi connectivity index (χ1n) is 7.94. The minimum Gasteiger partial charge on any atom is -0.494 e. The number of ether oxygens (including phenoxy) is 1. The van der Waals surface area contributed by atoms with Crippen molar-refractivity contribution in [2.75, 3.05) is 7.11 Å². The lowest BCUT2D eigenvalue weighted by Gasteiger charge is -2.07. The normalized spacial score (nSPS) is 11.4. The van der Waals surface area contributed by atoms with E-state index in [9.17, 15) is 17.6 Å². The van der Waals surface area contributed by atoms with Crippen molar-refractivity contribution in [3.05, 3.63) is 54.0 Å². The third-order valence-electron chi connectivity index (χ3n) is 3.99. The number of aromatic nitrogens is 1. The summed E-state index contributed by atoms with van der Waals surface area (Å²) in [5.74, 6) is -1.02. The maximum Gasteiger partial charge on any atom is 0.238 e. The van der Waals surface area contributed by atoms with Crippen molar-refractivity contribution in [1.29, 1.82) is 0 Å². The number of hydrogen-bond acceptors (Lipinski definition) is 6. The van der Waals surface area contributed by atoms with Crippen molar-refractivity contribution in [1.82, 2.24) is 5.16 Å². The third kappa shape index (κ3) is 3.87. The second-order valence-electron chi connectivity index (χ2n) is 5.89. The Morgan fingerprint density at radius 3 is 2.36 bits per heavy atom. The van der Waals surface area contributed by atoms with Gasteiger partial charge in [0.15, 0.2) is 17.3 Å². The van der Waals surface area contributed by atoms with E-state index in [1.165, 1.54) is 43.5 Å². The quantitative estimate of drug-likeness (QED) is 0.641. The van der Waals surface area contributed by atoms with E-state index in [1.54, 1.807) is 6.07 Å². The van der Waals surface area contributed by atoms with E-state index in [0.29, 0.717) is 16.7 Å². The van der Waals surface area contributed by atoms with Crippen LogP contribution in [0.2, 0.25) is 0 Å². The second kappa shape index (κ2) is 7.41. The minimum atomic E-state index is -3.87. The summed E-state index contributed by atoms with van der Waals surface area (Å²) in [7, 11) is -2.52. The van der Waals surface area contributed by atoms with Crippen LogP contribution in [0.15, 0.2) is 51.9 Å². The Morgan fingerprint density at radius 2 is 1.82 bits per heavy atom. The van der Waals surface area contributed by atoms with Gasteiger partial charge < -0.3 is 15.0 Å². The lowest BCUT2D eigenvalue weighted by molar-refractivity contribution is -0.117. The second-order valence-corrected chi connectivity index (χ2v) is 7.45. The fourth-order valence-corrected chi connectivity index (χ4v) is 3.24. The van der Waals surface area contributed by atoms with Crippen molar-refractivity contribution in [3.63, 3.8) is 0 Å². The Balaban J connectivity index is 2.16. The number of carbonyl (C=O) groups is 1. The fraction of sp³-hybridized carbons (Fsp3) is 0.111. The molecule has 1 amide bonds. The van der Waals surface area contributed by atoms with E-state index in [1.807, 2.05) is 0 Å². The predicted octanol–water partition coefficient (Wildman–Crippen LogP) is 1.83. The van der Waals surface area contributed by atoms with Crippen molar-refractivity contribution in [3.8, 4) is 28.1 Å². The Labute approximate surface area is 159 Å². The Kier molecular flexibility index (Phi) is 5.16. The molecule has 0 saturated carbocycles. The smallest absolute Gasteiger partial charge is 0.238 e. The number of sulfonamides is 1. The molecule has 3 aromatic rings. The molecule has 2 aromatic carbocycles. The van der Waals surface area contributed by atoms with Crippen molar-refractivity contribution >= 4 is 15.9 Å². The van der Waals surface area contributed by atoms with Crippen LogP contribution < -0.4 is 15.6 Å². The fourth-order valence-electron chi connectivity index (χ4n) is 2.72. The Hall–Kier alpha value is -3.24. The number of nitrogens with zero attached hydrogens (tertiary/aromatic N) is 1. The van der Waals surface area contributed by atoms with Gasteiger partial charge in [-0.25, -0.2) is 17.9 Å². The van der Waals surface area contributed by atoms with Gasteiger partial charge in [0.25, 0.3) is 0 Å². The van der Waals surface area contributed by atoms with Crippen molar-refractivity contribution < 1.29 is 26.9 Å². The maximum absolute atomic E-state index is 14.1. The van der Waals surface area contributed by atoms with Gasteiger partial charge in [-0.15, -0.1) is 0 Å². The van der Waals surface area contributed by atoms with Crippen LogP contribution >= 0.6 is 0 Å². The molecular weight excluding hydrogens is 389 g/mol. The van der Waals surface area contributed by atoms with Gasteiger partial charge in [-0.2, -0.15) is 0 Å². The highest BCUT2D eigenvalue weighted by Gasteiger charge is 2.22. The summed E-state index contributed by atoms with van der Waals surface area (Å²) >= 11 is 0. The van der Waals surface area contributed by atoms with Gasteiger partial charge in [0, 0.05) is 5.56 Å². The average Bonchev–Trinajstić information content (AvgIpc) is 3.03. The number of rotatable bonds is 6. The molecule has 4 N–H and O–H groups in total. The summed E-state index contributed by atoms with van der Waals surface area (Å²) in [6.45, 7) is 0. The highest BCUT2D eigenvalue weighted by atomic mass is 32.2. The molecule has 1 aromatic heterocycles. The molecule has 0 unspecified atom stereocenters. The maximum atomic E-state index is 14.1. The molecule has 0 aliphatic carbocycles. The lowest BCUT2D eigenvalue weighted by Crippen LogP contribution is -2.13. The average molecular weight is 405 g/mol. The topological polar surface area (TPSA) is 139 Å². The van der Waals surface area contributed by atoms with Crippen LogP contribution in [0, 0.1) is 5.82 Å². The predicted molar refractivity (Wildman–Crippen MR) is 98.2 cm³/mol. The van der Waals surface area contributed by atoms with Crippen LogP contribution in [-0.2, 0) is 21.2 Å². The molecule has 10 heteroatoms. The molecule has 28 heavy (non-hydrogen) atoms. The van der Waals surface area contributed by atoms with Crippen LogP contribution in [0.1, 0.15) is 5.76 Å². The number of primary amides is 1. The first-order valence-corrected chi connectivity index (χ1v) is 9.49. The summed E-state index contributed by atoms with van der Waals surface area (Å²) in [4.78, 5) is 11.3. The van der Waals surface area contributed by atoms with Gasteiger partial charge in [0.05, 0.1) is 24.0 Å². The lowest BCUT2D eigenvalue weighted by atomic mass is 9.98. The van der Waals surface area contributed by atoms with Crippen molar-refractivity contribution in [2.45, 2.75) is 11.3 Å². The molecule has 8 nitrogen and oxygen atoms in total. The standard InChI is InChI=1S/C18H16FN3O5S/c1-26-14-7-4-11(8-13(14)19)18-17(15(27-22-18)9-16(20)23)10-2-5-12(6-3-10)28(21,24)25/h2-8H,9H2,1H3,(H2,20,23)(H2,21,24,25). The molecule has 0 spiro atoms. The molecule has 1 heterocycles. The molecular formula is C18H16FN3O5S. The number of amides is 1. The first-order chi connectivity index (χ1) is 13.2. The van der Waals surface area contributed by atoms with Crippen LogP contribution in [0.5, 0.6) is 5.75 Å². The van der Waals surface area contributed by atoms with Gasteiger partial charge in [-0.1, -0.05) is 17.3 Å². The molecule has 0 radical (unpaired) electrons. The van der Waals surface area contributed by atoms with Gasteiger partial charge in [-0.3, -0.25) is 4.79 Å². The monoisotopic (exact) mass is 405 g/mol. The molecule has 0 aliphatic rings. The van der Waals surface area contributed by atoms with Gasteiger partial charge >= 0.3 is 0 Å². The van der Waals surface area contributed by atoms with Crippen LogP contribution in [0.3, 0.4) is 0 Å². The molecule has 146 valence electrons. The number of nitrogens with two attached hydrogens (primary N) is 2. The summed E-state index contributed by atoms with van der Waals surface area (Å²) in [5.41, 5.74) is 6.80. The number of benzene rings is 2. The molecule has 3 rings (SSSR count). The minimum absolute atomic E-state index is 0.0589. The number of primary sulfonamides is 1. The van der Waals surface area contributed by atoms with Crippen LogP contribution in [0.25, 0.3) is 22.4 Å². The van der Waals surface area contributed by atoms with Crippen LogP contribution in [-0.4, -0.2) is 26.6 Å². The zero-order chi connectivity index (χ0) is 20.5. The van der Waals surface area contributed by atoms with E-state index in [2.05, 4.69) is 5.16 Å².